The largest absolute Gasteiger partial charge is 0.470 e. The van der Waals surface area contributed by atoms with E-state index in [4.69, 9.17) is 9.47 Å². The zero-order valence-corrected chi connectivity index (χ0v) is 13.3. The maximum Gasteiger partial charge on any atom is 0.392 e. The minimum absolute atomic E-state index is 0.175. The van der Waals surface area contributed by atoms with Gasteiger partial charge in [-0.15, -0.1) is 0 Å². The summed E-state index contributed by atoms with van der Waals surface area (Å²) in [4.78, 5) is 29.6. The van der Waals surface area contributed by atoms with Gasteiger partial charge in [0.2, 0.25) is 0 Å². The minimum atomic E-state index is -0.671. The Kier molecular flexibility index (Phi) is 5.25. The van der Waals surface area contributed by atoms with E-state index in [9.17, 15) is 14.9 Å². The zero-order valence-electron chi connectivity index (χ0n) is 13.3. The maximum absolute atomic E-state index is 11.4. The second-order valence-corrected chi connectivity index (χ2v) is 4.87. The lowest BCUT2D eigenvalue weighted by molar-refractivity contribution is -0.387. The van der Waals surface area contributed by atoms with Crippen molar-refractivity contribution >= 4 is 11.7 Å². The number of carbonyl (C=O) groups is 1. The van der Waals surface area contributed by atoms with E-state index in [-0.39, 0.29) is 23.6 Å². The summed E-state index contributed by atoms with van der Waals surface area (Å²) in [5, 5.41) is 11.3. The van der Waals surface area contributed by atoms with E-state index in [2.05, 4.69) is 14.7 Å². The molecule has 0 unspecified atom stereocenters. The number of hydrogen-bond acceptors (Lipinski definition) is 8. The first-order valence-electron chi connectivity index (χ1n) is 6.94. The third-order valence-corrected chi connectivity index (χ3v) is 2.77. The van der Waals surface area contributed by atoms with Gasteiger partial charge >= 0.3 is 23.4 Å². The molecule has 0 saturated carbocycles. The van der Waals surface area contributed by atoms with E-state index in [0.29, 0.717) is 5.56 Å². The first-order valence-corrected chi connectivity index (χ1v) is 6.94. The summed E-state index contributed by atoms with van der Waals surface area (Å²) in [7, 11) is 1.27. The Bertz CT molecular complexity index is 745. The third kappa shape index (κ3) is 3.94. The van der Waals surface area contributed by atoms with E-state index in [1.807, 2.05) is 0 Å². The number of esters is 1. The average Bonchev–Trinajstić information content (AvgIpc) is 2.54. The van der Waals surface area contributed by atoms with Gasteiger partial charge < -0.3 is 14.2 Å². The van der Waals surface area contributed by atoms with Crippen LogP contribution >= 0.6 is 0 Å². The predicted molar refractivity (Wildman–Crippen MR) is 82.3 cm³/mol. The molecule has 0 radical (unpaired) electrons. The molecule has 2 aromatic rings. The second-order valence-electron chi connectivity index (χ2n) is 4.87. The summed E-state index contributed by atoms with van der Waals surface area (Å²) in [5.41, 5.74) is -0.144. The van der Waals surface area contributed by atoms with E-state index < -0.39 is 16.6 Å². The normalized spacial score (nSPS) is 10.3. The number of carbonyl (C=O) groups excluding carboxylic acids is 1. The van der Waals surface area contributed by atoms with Crippen LogP contribution in [0.25, 0.3) is 0 Å². The fourth-order valence-electron chi connectivity index (χ4n) is 1.78. The first-order chi connectivity index (χ1) is 11.4. The van der Waals surface area contributed by atoms with Gasteiger partial charge in [0.25, 0.3) is 0 Å². The molecule has 2 rings (SSSR count). The summed E-state index contributed by atoms with van der Waals surface area (Å²) in [6.45, 7) is 3.44. The standard InChI is InChI=1S/C15H15N3O6/c1-9(2)23-13-12(18(20)21)14(17-8-16-13)24-11-6-4-10(5-7-11)15(19)22-3/h4-9H,1-3H3. The molecular formula is C15H15N3O6. The molecule has 9 nitrogen and oxygen atoms in total. The summed E-state index contributed by atoms with van der Waals surface area (Å²) < 4.78 is 15.3. The molecule has 0 atom stereocenters. The van der Waals surface area contributed by atoms with Crippen LogP contribution in [0.2, 0.25) is 0 Å². The predicted octanol–water partition coefficient (Wildman–Crippen LogP) is 2.75. The lowest BCUT2D eigenvalue weighted by Gasteiger charge is -2.10. The van der Waals surface area contributed by atoms with Gasteiger partial charge in [-0.3, -0.25) is 10.1 Å². The lowest BCUT2D eigenvalue weighted by atomic mass is 10.2. The Morgan fingerprint density at radius 2 is 1.79 bits per heavy atom. The molecule has 0 saturated heterocycles. The zero-order chi connectivity index (χ0) is 17.7. The summed E-state index contributed by atoms with van der Waals surface area (Å²) in [6.07, 6.45) is 0.814. The molecule has 1 aromatic heterocycles. The molecule has 0 N–H and O–H groups in total. The molecule has 0 aliphatic carbocycles. The van der Waals surface area contributed by atoms with Crippen LogP contribution in [0.5, 0.6) is 17.5 Å². The molecule has 126 valence electrons. The molecule has 1 heterocycles. The van der Waals surface area contributed by atoms with Crippen molar-refractivity contribution in [2.75, 3.05) is 7.11 Å². The number of rotatable bonds is 6. The average molecular weight is 333 g/mol. The van der Waals surface area contributed by atoms with Gasteiger partial charge in [0.05, 0.1) is 23.7 Å². The van der Waals surface area contributed by atoms with E-state index in [0.717, 1.165) is 6.33 Å². The van der Waals surface area contributed by atoms with Gasteiger partial charge in [0.15, 0.2) is 0 Å². The molecule has 24 heavy (non-hydrogen) atoms. The van der Waals surface area contributed by atoms with Crippen LogP contribution < -0.4 is 9.47 Å². The minimum Gasteiger partial charge on any atom is -0.470 e. The second kappa shape index (κ2) is 7.36. The van der Waals surface area contributed by atoms with Gasteiger partial charge in [-0.05, 0) is 38.1 Å². The summed E-state index contributed by atoms with van der Waals surface area (Å²) in [5.74, 6) is -0.662. The van der Waals surface area contributed by atoms with Gasteiger partial charge in [0.1, 0.15) is 12.1 Å². The van der Waals surface area contributed by atoms with Gasteiger partial charge in [-0.25, -0.2) is 4.79 Å². The molecule has 1 aromatic carbocycles. The number of methoxy groups -OCH3 is 1. The molecule has 0 aliphatic rings. The Morgan fingerprint density at radius 3 is 2.33 bits per heavy atom. The molecule has 9 heteroatoms. The monoisotopic (exact) mass is 333 g/mol. The van der Waals surface area contributed by atoms with Crippen molar-refractivity contribution in [1.82, 2.24) is 9.97 Å². The van der Waals surface area contributed by atoms with Gasteiger partial charge in [0, 0.05) is 0 Å². The van der Waals surface area contributed by atoms with Gasteiger partial charge in [-0.1, -0.05) is 0 Å². The number of benzene rings is 1. The van der Waals surface area contributed by atoms with Crippen LogP contribution in [0.3, 0.4) is 0 Å². The van der Waals surface area contributed by atoms with Crippen molar-refractivity contribution < 1.29 is 23.9 Å². The molecule has 0 bridgehead atoms. The van der Waals surface area contributed by atoms with E-state index >= 15 is 0 Å². The van der Waals surface area contributed by atoms with Crippen molar-refractivity contribution in [3.8, 4) is 17.5 Å². The van der Waals surface area contributed by atoms with Crippen molar-refractivity contribution in [3.05, 3.63) is 46.3 Å². The maximum atomic E-state index is 11.4. The third-order valence-electron chi connectivity index (χ3n) is 2.77. The molecule has 0 amide bonds. The molecule has 0 spiro atoms. The number of ether oxygens (including phenoxy) is 3. The fraction of sp³-hybridized carbons (Fsp3) is 0.267. The van der Waals surface area contributed by atoms with Crippen LogP contribution in [0.15, 0.2) is 30.6 Å². The highest BCUT2D eigenvalue weighted by atomic mass is 16.6. The SMILES string of the molecule is COC(=O)c1ccc(Oc2ncnc(OC(C)C)c2[N+](=O)[O-])cc1. The van der Waals surface area contributed by atoms with Crippen molar-refractivity contribution in [2.24, 2.45) is 0 Å². The lowest BCUT2D eigenvalue weighted by Crippen LogP contribution is -2.10. The Hall–Kier alpha value is -3.23. The van der Waals surface area contributed by atoms with Gasteiger partial charge in [-0.2, -0.15) is 9.97 Å². The molecular weight excluding hydrogens is 318 g/mol. The number of hydrogen-bond donors (Lipinski definition) is 0. The van der Waals surface area contributed by atoms with Crippen LogP contribution in [0.1, 0.15) is 24.2 Å². The van der Waals surface area contributed by atoms with E-state index in [1.54, 1.807) is 13.8 Å². The highest BCUT2D eigenvalue weighted by Crippen LogP contribution is 2.35. The highest BCUT2D eigenvalue weighted by Gasteiger charge is 2.27. The van der Waals surface area contributed by atoms with Crippen LogP contribution in [0, 0.1) is 10.1 Å². The smallest absolute Gasteiger partial charge is 0.392 e. The van der Waals surface area contributed by atoms with E-state index in [1.165, 1.54) is 31.4 Å². The topological polar surface area (TPSA) is 114 Å². The Morgan fingerprint density at radius 1 is 1.17 bits per heavy atom. The Balaban J connectivity index is 2.32. The fourth-order valence-corrected chi connectivity index (χ4v) is 1.78. The van der Waals surface area contributed by atoms with Crippen LogP contribution in [0.4, 0.5) is 5.69 Å². The first kappa shape index (κ1) is 17.1. The summed E-state index contributed by atoms with van der Waals surface area (Å²) in [6, 6.07) is 5.89. The van der Waals surface area contributed by atoms with Crippen LogP contribution in [-0.4, -0.2) is 34.1 Å². The number of nitrogens with zero attached hydrogens (tertiary/aromatic N) is 3. The Labute approximate surface area is 137 Å². The van der Waals surface area contributed by atoms with Crippen molar-refractivity contribution in [3.63, 3.8) is 0 Å². The summed E-state index contributed by atoms with van der Waals surface area (Å²) >= 11 is 0. The van der Waals surface area contributed by atoms with Crippen molar-refractivity contribution in [1.29, 1.82) is 0 Å². The van der Waals surface area contributed by atoms with Crippen LogP contribution in [-0.2, 0) is 4.74 Å². The number of nitro groups is 1. The number of aromatic nitrogens is 2. The molecule has 0 fully saturated rings. The highest BCUT2D eigenvalue weighted by molar-refractivity contribution is 5.89. The quantitative estimate of drug-likeness (QED) is 0.450. The molecule has 0 aliphatic heterocycles. The van der Waals surface area contributed by atoms with Crippen molar-refractivity contribution in [2.45, 2.75) is 20.0 Å².